The van der Waals surface area contributed by atoms with E-state index in [1.807, 2.05) is 30.3 Å². The lowest BCUT2D eigenvalue weighted by atomic mass is 10.1. The maximum absolute atomic E-state index is 10.6. The van der Waals surface area contributed by atoms with Crippen molar-refractivity contribution in [3.63, 3.8) is 0 Å². The van der Waals surface area contributed by atoms with Gasteiger partial charge in [-0.2, -0.15) is 4.98 Å². The molecular weight excluding hydrogens is 270 g/mol. The van der Waals surface area contributed by atoms with Gasteiger partial charge in [0.2, 0.25) is 0 Å². The largest absolute Gasteiger partial charge is 0.334 e. The SMILES string of the molecule is O=[N+]([O-])c1ccc(-c2nc(Cc3ccccc3)no2)cc1. The van der Waals surface area contributed by atoms with Gasteiger partial charge in [0.25, 0.3) is 11.6 Å². The molecule has 3 aromatic rings. The summed E-state index contributed by atoms with van der Waals surface area (Å²) in [5.41, 5.74) is 1.78. The van der Waals surface area contributed by atoms with Crippen LogP contribution in [0.5, 0.6) is 0 Å². The molecule has 1 heterocycles. The normalized spacial score (nSPS) is 10.5. The number of nitro benzene ring substituents is 1. The molecule has 21 heavy (non-hydrogen) atoms. The second kappa shape index (κ2) is 5.54. The first kappa shape index (κ1) is 13.0. The number of hydrogen-bond acceptors (Lipinski definition) is 5. The van der Waals surface area contributed by atoms with Crippen LogP contribution < -0.4 is 0 Å². The molecule has 0 aliphatic carbocycles. The average molecular weight is 281 g/mol. The highest BCUT2D eigenvalue weighted by atomic mass is 16.6. The third-order valence-electron chi connectivity index (χ3n) is 3.00. The van der Waals surface area contributed by atoms with Crippen molar-refractivity contribution in [3.8, 4) is 11.5 Å². The molecule has 0 radical (unpaired) electrons. The number of nitro groups is 1. The summed E-state index contributed by atoms with van der Waals surface area (Å²) in [6.45, 7) is 0. The number of aromatic nitrogens is 2. The molecule has 0 fully saturated rings. The summed E-state index contributed by atoms with van der Waals surface area (Å²) >= 11 is 0. The number of non-ortho nitro benzene ring substituents is 1. The van der Waals surface area contributed by atoms with Gasteiger partial charge in [-0.25, -0.2) is 0 Å². The molecule has 0 atom stereocenters. The molecule has 0 amide bonds. The average Bonchev–Trinajstić information content (AvgIpc) is 2.97. The van der Waals surface area contributed by atoms with E-state index in [0.29, 0.717) is 23.7 Å². The Hall–Kier alpha value is -3.02. The van der Waals surface area contributed by atoms with E-state index in [9.17, 15) is 10.1 Å². The molecule has 0 aliphatic rings. The summed E-state index contributed by atoms with van der Waals surface area (Å²) in [6, 6.07) is 15.8. The molecule has 0 aliphatic heterocycles. The van der Waals surface area contributed by atoms with Gasteiger partial charge < -0.3 is 4.52 Å². The molecule has 0 saturated heterocycles. The van der Waals surface area contributed by atoms with E-state index < -0.39 is 4.92 Å². The van der Waals surface area contributed by atoms with Crippen LogP contribution in [-0.4, -0.2) is 15.1 Å². The Kier molecular flexibility index (Phi) is 3.42. The van der Waals surface area contributed by atoms with Gasteiger partial charge in [-0.15, -0.1) is 0 Å². The van der Waals surface area contributed by atoms with E-state index in [1.54, 1.807) is 12.1 Å². The molecule has 1 aromatic heterocycles. The quantitative estimate of drug-likeness (QED) is 0.541. The zero-order valence-corrected chi connectivity index (χ0v) is 11.0. The van der Waals surface area contributed by atoms with Gasteiger partial charge in [-0.1, -0.05) is 35.5 Å². The second-order valence-electron chi connectivity index (χ2n) is 4.48. The highest BCUT2D eigenvalue weighted by Gasteiger charge is 2.11. The van der Waals surface area contributed by atoms with Crippen LogP contribution in [0, 0.1) is 10.1 Å². The monoisotopic (exact) mass is 281 g/mol. The Labute approximate surface area is 120 Å². The Morgan fingerprint density at radius 2 is 1.76 bits per heavy atom. The molecule has 6 nitrogen and oxygen atoms in total. The van der Waals surface area contributed by atoms with Crippen molar-refractivity contribution in [3.05, 3.63) is 76.1 Å². The van der Waals surface area contributed by atoms with Gasteiger partial charge in [0, 0.05) is 24.1 Å². The van der Waals surface area contributed by atoms with Crippen LogP contribution in [-0.2, 0) is 6.42 Å². The molecule has 0 N–H and O–H groups in total. The molecule has 0 saturated carbocycles. The fourth-order valence-corrected chi connectivity index (χ4v) is 1.95. The smallest absolute Gasteiger partial charge is 0.269 e. The number of nitrogens with zero attached hydrogens (tertiary/aromatic N) is 3. The first-order chi connectivity index (χ1) is 10.2. The van der Waals surface area contributed by atoms with E-state index in [0.717, 1.165) is 5.56 Å². The standard InChI is InChI=1S/C15H11N3O3/c19-18(20)13-8-6-12(7-9-13)15-16-14(17-21-15)10-11-4-2-1-3-5-11/h1-9H,10H2. The third-order valence-corrected chi connectivity index (χ3v) is 3.00. The van der Waals surface area contributed by atoms with Crippen LogP contribution in [0.4, 0.5) is 5.69 Å². The first-order valence-corrected chi connectivity index (χ1v) is 6.34. The van der Waals surface area contributed by atoms with E-state index >= 15 is 0 Å². The van der Waals surface area contributed by atoms with Crippen molar-refractivity contribution in [1.82, 2.24) is 10.1 Å². The number of benzene rings is 2. The van der Waals surface area contributed by atoms with E-state index in [4.69, 9.17) is 4.52 Å². The fourth-order valence-electron chi connectivity index (χ4n) is 1.95. The summed E-state index contributed by atoms with van der Waals surface area (Å²) in [6.07, 6.45) is 0.581. The Bertz CT molecular complexity index is 751. The van der Waals surface area contributed by atoms with Gasteiger partial charge in [-0.05, 0) is 17.7 Å². The van der Waals surface area contributed by atoms with Crippen LogP contribution in [0.25, 0.3) is 11.5 Å². The highest BCUT2D eigenvalue weighted by molar-refractivity contribution is 5.55. The van der Waals surface area contributed by atoms with Crippen LogP contribution in [0.3, 0.4) is 0 Å². The van der Waals surface area contributed by atoms with Crippen molar-refractivity contribution in [2.45, 2.75) is 6.42 Å². The predicted octanol–water partition coefficient (Wildman–Crippen LogP) is 3.24. The zero-order valence-electron chi connectivity index (χ0n) is 11.0. The predicted molar refractivity (Wildman–Crippen MR) is 75.6 cm³/mol. The molecule has 104 valence electrons. The van der Waals surface area contributed by atoms with Crippen LogP contribution >= 0.6 is 0 Å². The van der Waals surface area contributed by atoms with Crippen molar-refractivity contribution in [2.75, 3.05) is 0 Å². The molecule has 6 heteroatoms. The van der Waals surface area contributed by atoms with Gasteiger partial charge in [-0.3, -0.25) is 10.1 Å². The minimum atomic E-state index is -0.446. The van der Waals surface area contributed by atoms with Crippen molar-refractivity contribution >= 4 is 5.69 Å². The third kappa shape index (κ3) is 2.94. The molecule has 3 rings (SSSR count). The molecule has 2 aromatic carbocycles. The first-order valence-electron chi connectivity index (χ1n) is 6.34. The van der Waals surface area contributed by atoms with Crippen molar-refractivity contribution in [2.24, 2.45) is 0 Å². The molecule has 0 bridgehead atoms. The van der Waals surface area contributed by atoms with Crippen LogP contribution in [0.2, 0.25) is 0 Å². The van der Waals surface area contributed by atoms with Gasteiger partial charge in [0.1, 0.15) is 0 Å². The van der Waals surface area contributed by atoms with Gasteiger partial charge in [0.15, 0.2) is 5.82 Å². The summed E-state index contributed by atoms with van der Waals surface area (Å²) in [7, 11) is 0. The molecule has 0 unspecified atom stereocenters. The second-order valence-corrected chi connectivity index (χ2v) is 4.48. The van der Waals surface area contributed by atoms with Crippen LogP contribution in [0.15, 0.2) is 59.1 Å². The molecular formula is C15H11N3O3. The minimum absolute atomic E-state index is 0.0303. The lowest BCUT2D eigenvalue weighted by molar-refractivity contribution is -0.384. The maximum Gasteiger partial charge on any atom is 0.269 e. The Balaban J connectivity index is 1.80. The lowest BCUT2D eigenvalue weighted by Crippen LogP contribution is -1.90. The van der Waals surface area contributed by atoms with E-state index in [-0.39, 0.29) is 5.69 Å². The maximum atomic E-state index is 10.6. The summed E-state index contributed by atoms with van der Waals surface area (Å²) in [5, 5.41) is 14.5. The summed E-state index contributed by atoms with van der Waals surface area (Å²) in [5.74, 6) is 0.936. The zero-order chi connectivity index (χ0) is 14.7. The Morgan fingerprint density at radius 3 is 2.43 bits per heavy atom. The summed E-state index contributed by atoms with van der Waals surface area (Å²) < 4.78 is 5.19. The van der Waals surface area contributed by atoms with Gasteiger partial charge in [0.05, 0.1) is 4.92 Å². The number of rotatable bonds is 4. The van der Waals surface area contributed by atoms with Crippen molar-refractivity contribution in [1.29, 1.82) is 0 Å². The molecule has 0 spiro atoms. The summed E-state index contributed by atoms with van der Waals surface area (Å²) in [4.78, 5) is 14.5. The minimum Gasteiger partial charge on any atom is -0.334 e. The number of hydrogen-bond donors (Lipinski definition) is 0. The lowest BCUT2D eigenvalue weighted by Gasteiger charge is -1.95. The van der Waals surface area contributed by atoms with Gasteiger partial charge >= 0.3 is 0 Å². The van der Waals surface area contributed by atoms with E-state index in [2.05, 4.69) is 10.1 Å². The fraction of sp³-hybridized carbons (Fsp3) is 0.0667. The van der Waals surface area contributed by atoms with E-state index in [1.165, 1.54) is 12.1 Å². The highest BCUT2D eigenvalue weighted by Crippen LogP contribution is 2.21. The Morgan fingerprint density at radius 1 is 1.05 bits per heavy atom. The topological polar surface area (TPSA) is 82.1 Å². The van der Waals surface area contributed by atoms with Crippen molar-refractivity contribution < 1.29 is 9.45 Å². The van der Waals surface area contributed by atoms with Crippen LogP contribution in [0.1, 0.15) is 11.4 Å².